The lowest BCUT2D eigenvalue weighted by Gasteiger charge is -2.11. The zero-order chi connectivity index (χ0) is 20.8. The fourth-order valence-corrected chi connectivity index (χ4v) is 3.20. The Labute approximate surface area is 169 Å². The van der Waals surface area contributed by atoms with Crippen LogP contribution in [0.2, 0.25) is 0 Å². The fraction of sp³-hybridized carbons (Fsp3) is 0.727. The summed E-state index contributed by atoms with van der Waals surface area (Å²) in [5, 5.41) is 22.4. The molecule has 1 aliphatic heterocycles. The molecule has 28 heavy (non-hydrogen) atoms. The van der Waals surface area contributed by atoms with Gasteiger partial charge in [-0.3, -0.25) is 4.79 Å². The van der Waals surface area contributed by atoms with Gasteiger partial charge in [-0.25, -0.2) is 4.79 Å². The number of aliphatic hydroxyl groups is 2. The summed E-state index contributed by atoms with van der Waals surface area (Å²) < 4.78 is 5.04. The molecule has 1 rings (SSSR count). The first-order valence-corrected chi connectivity index (χ1v) is 10.7. The van der Waals surface area contributed by atoms with Crippen molar-refractivity contribution in [2.24, 2.45) is 0 Å². The van der Waals surface area contributed by atoms with Gasteiger partial charge in [0.2, 0.25) is 5.91 Å². The molecule has 6 nitrogen and oxygen atoms in total. The van der Waals surface area contributed by atoms with Crippen LogP contribution in [0.4, 0.5) is 0 Å². The Morgan fingerprint density at radius 3 is 2.43 bits per heavy atom. The van der Waals surface area contributed by atoms with Gasteiger partial charge >= 0.3 is 5.97 Å². The van der Waals surface area contributed by atoms with Crippen LogP contribution in [0.5, 0.6) is 0 Å². The minimum absolute atomic E-state index is 0.0810. The molecule has 1 heterocycles. The van der Waals surface area contributed by atoms with E-state index in [9.17, 15) is 19.8 Å². The maximum Gasteiger partial charge on any atom is 0.355 e. The van der Waals surface area contributed by atoms with Gasteiger partial charge in [-0.15, -0.1) is 0 Å². The molecule has 0 bridgehead atoms. The third-order valence-electron chi connectivity index (χ3n) is 4.82. The number of cyclic esters (lactones) is 1. The van der Waals surface area contributed by atoms with E-state index in [-0.39, 0.29) is 17.7 Å². The number of rotatable bonds is 15. The largest absolute Gasteiger partial charge is 0.450 e. The van der Waals surface area contributed by atoms with Crippen molar-refractivity contribution in [3.63, 3.8) is 0 Å². The molecule has 0 spiro atoms. The molecular weight excluding hydrogens is 358 g/mol. The molecule has 6 heteroatoms. The second-order valence-corrected chi connectivity index (χ2v) is 7.54. The number of allylic oxidation sites excluding steroid dienone is 1. The number of amides is 1. The highest BCUT2D eigenvalue weighted by Gasteiger charge is 2.30. The molecule has 1 amide bonds. The van der Waals surface area contributed by atoms with Gasteiger partial charge in [0.1, 0.15) is 11.8 Å². The molecule has 0 radical (unpaired) electrons. The van der Waals surface area contributed by atoms with Crippen LogP contribution in [0.15, 0.2) is 23.9 Å². The molecule has 160 valence electrons. The van der Waals surface area contributed by atoms with Gasteiger partial charge in [0.15, 0.2) is 6.10 Å². The van der Waals surface area contributed by atoms with Crippen LogP contribution in [-0.4, -0.2) is 40.4 Å². The topological polar surface area (TPSA) is 95.9 Å². The van der Waals surface area contributed by atoms with E-state index in [4.69, 9.17) is 4.74 Å². The highest BCUT2D eigenvalue weighted by Crippen LogP contribution is 2.16. The Morgan fingerprint density at radius 2 is 1.79 bits per heavy atom. The number of nitrogens with one attached hydrogen (secondary N) is 1. The third kappa shape index (κ3) is 10.6. The Morgan fingerprint density at radius 1 is 1.14 bits per heavy atom. The van der Waals surface area contributed by atoms with Gasteiger partial charge in [0.25, 0.3) is 0 Å². The normalized spacial score (nSPS) is 18.8. The number of hydrogen-bond donors (Lipinski definition) is 3. The minimum Gasteiger partial charge on any atom is -0.450 e. The number of unbranched alkanes of at least 4 members (excludes halogenated alkanes) is 7. The van der Waals surface area contributed by atoms with Crippen LogP contribution in [0.1, 0.15) is 84.5 Å². The average Bonchev–Trinajstić information content (AvgIpc) is 3.00. The zero-order valence-electron chi connectivity index (χ0n) is 17.4. The summed E-state index contributed by atoms with van der Waals surface area (Å²) in [4.78, 5) is 22.6. The minimum atomic E-state index is -0.918. The lowest BCUT2D eigenvalue weighted by Crippen LogP contribution is -2.24. The smallest absolute Gasteiger partial charge is 0.355 e. The number of carbonyl (C=O) groups is 2. The van der Waals surface area contributed by atoms with Crippen molar-refractivity contribution in [3.05, 3.63) is 23.9 Å². The molecule has 0 saturated carbocycles. The monoisotopic (exact) mass is 395 g/mol. The molecule has 1 aliphatic rings. The average molecular weight is 396 g/mol. The second kappa shape index (κ2) is 14.4. The summed E-state index contributed by atoms with van der Waals surface area (Å²) in [5.74, 6) is -0.974. The lowest BCUT2D eigenvalue weighted by molar-refractivity contribution is -0.143. The molecule has 3 atom stereocenters. The quantitative estimate of drug-likeness (QED) is 0.224. The predicted octanol–water partition coefficient (Wildman–Crippen LogP) is 3.52. The van der Waals surface area contributed by atoms with E-state index in [2.05, 4.69) is 12.2 Å². The van der Waals surface area contributed by atoms with Gasteiger partial charge in [-0.2, -0.15) is 0 Å². The van der Waals surface area contributed by atoms with Crippen LogP contribution < -0.4 is 5.32 Å². The number of hydrogen-bond acceptors (Lipinski definition) is 5. The van der Waals surface area contributed by atoms with Crippen molar-refractivity contribution in [1.82, 2.24) is 5.32 Å². The Kier molecular flexibility index (Phi) is 12.5. The number of carbonyl (C=O) groups excluding carboxylic acids is 2. The van der Waals surface area contributed by atoms with E-state index in [1.807, 2.05) is 6.08 Å². The van der Waals surface area contributed by atoms with Gasteiger partial charge in [0.05, 0.1) is 6.10 Å². The van der Waals surface area contributed by atoms with E-state index >= 15 is 0 Å². The Hall–Kier alpha value is -1.66. The summed E-state index contributed by atoms with van der Waals surface area (Å²) in [6.45, 7) is 3.50. The standard InChI is InChI=1S/C22H37NO5/c1-3-4-5-10-13-18(25)14-11-8-6-7-9-12-15-20(26)21-16-19(22(27)28-21)23-17(2)24/h12,15-16,18,20-21,25-26H,3-11,13-14H2,1-2H3,(H,23,24)/b15-12+. The summed E-state index contributed by atoms with van der Waals surface area (Å²) in [5.41, 5.74) is 0.0810. The maximum absolute atomic E-state index is 11.6. The molecule has 0 aromatic carbocycles. The van der Waals surface area contributed by atoms with E-state index in [0.29, 0.717) is 0 Å². The van der Waals surface area contributed by atoms with Crippen molar-refractivity contribution in [2.75, 3.05) is 0 Å². The maximum atomic E-state index is 11.6. The van der Waals surface area contributed by atoms with Gasteiger partial charge in [0, 0.05) is 6.92 Å². The van der Waals surface area contributed by atoms with E-state index in [1.165, 1.54) is 32.3 Å². The summed E-state index contributed by atoms with van der Waals surface area (Å²) in [7, 11) is 0. The summed E-state index contributed by atoms with van der Waals surface area (Å²) in [6.07, 6.45) is 14.9. The predicted molar refractivity (Wildman–Crippen MR) is 109 cm³/mol. The van der Waals surface area contributed by atoms with Crippen molar-refractivity contribution in [1.29, 1.82) is 0 Å². The highest BCUT2D eigenvalue weighted by atomic mass is 16.6. The summed E-state index contributed by atoms with van der Waals surface area (Å²) >= 11 is 0. The van der Waals surface area contributed by atoms with Crippen LogP contribution in [0, 0.1) is 0 Å². The molecule has 3 N–H and O–H groups in total. The molecule has 0 aromatic heterocycles. The SMILES string of the molecule is CCCCCCC(O)CCCCCC/C=C/C(O)C1C=C(NC(C)=O)C(=O)O1. The molecule has 0 fully saturated rings. The van der Waals surface area contributed by atoms with Gasteiger partial charge < -0.3 is 20.3 Å². The van der Waals surface area contributed by atoms with Crippen LogP contribution in [0.3, 0.4) is 0 Å². The molecule has 0 saturated heterocycles. The third-order valence-corrected chi connectivity index (χ3v) is 4.82. The summed E-state index contributed by atoms with van der Waals surface area (Å²) in [6, 6.07) is 0. The van der Waals surface area contributed by atoms with E-state index in [1.54, 1.807) is 6.08 Å². The molecule has 3 unspecified atom stereocenters. The highest BCUT2D eigenvalue weighted by molar-refractivity contribution is 5.95. The number of aliphatic hydroxyl groups excluding tert-OH is 2. The van der Waals surface area contributed by atoms with E-state index in [0.717, 1.165) is 51.4 Å². The first-order chi connectivity index (χ1) is 13.4. The van der Waals surface area contributed by atoms with Crippen LogP contribution in [0.25, 0.3) is 0 Å². The Balaban J connectivity index is 2.08. The van der Waals surface area contributed by atoms with Crippen LogP contribution in [-0.2, 0) is 14.3 Å². The first kappa shape index (κ1) is 24.4. The van der Waals surface area contributed by atoms with Crippen molar-refractivity contribution < 1.29 is 24.5 Å². The van der Waals surface area contributed by atoms with Crippen molar-refractivity contribution >= 4 is 11.9 Å². The lowest BCUT2D eigenvalue weighted by atomic mass is 10.0. The molecule has 0 aromatic rings. The van der Waals surface area contributed by atoms with Crippen LogP contribution >= 0.6 is 0 Å². The Bertz CT molecular complexity index is 529. The first-order valence-electron chi connectivity index (χ1n) is 10.7. The zero-order valence-corrected chi connectivity index (χ0v) is 17.4. The number of esters is 1. The molecule has 0 aliphatic carbocycles. The van der Waals surface area contributed by atoms with Crippen molar-refractivity contribution in [2.45, 2.75) is 103 Å². The van der Waals surface area contributed by atoms with Gasteiger partial charge in [-0.05, 0) is 31.8 Å². The fourth-order valence-electron chi connectivity index (χ4n) is 3.20. The second-order valence-electron chi connectivity index (χ2n) is 7.54. The molecular formula is C22H37NO5. The number of ether oxygens (including phenoxy) is 1. The van der Waals surface area contributed by atoms with Gasteiger partial charge in [-0.1, -0.05) is 64.0 Å². The van der Waals surface area contributed by atoms with Crippen molar-refractivity contribution in [3.8, 4) is 0 Å². The van der Waals surface area contributed by atoms with E-state index < -0.39 is 18.2 Å².